The molecule has 0 aromatic rings. The fraction of sp³-hybridized carbons (Fsp3) is 0.556. The summed E-state index contributed by atoms with van der Waals surface area (Å²) in [6.45, 7) is 5.98. The molecule has 5 heteroatoms. The van der Waals surface area contributed by atoms with E-state index in [-0.39, 0.29) is 12.5 Å². The molecule has 0 rings (SSSR count). The zero-order valence-electron chi connectivity index (χ0n) is 8.34. The molecule has 0 atom stereocenters. The number of ether oxygens (including phenoxy) is 1. The van der Waals surface area contributed by atoms with Crippen LogP contribution >= 0.6 is 0 Å². The molecule has 0 unspecified atom stereocenters. The van der Waals surface area contributed by atoms with Gasteiger partial charge in [-0.05, 0) is 19.8 Å². The highest BCUT2D eigenvalue weighted by molar-refractivity contribution is 5.91. The van der Waals surface area contributed by atoms with Crippen LogP contribution in [-0.4, -0.2) is 25.2 Å². The van der Waals surface area contributed by atoms with Crippen molar-refractivity contribution in [3.8, 4) is 0 Å². The second-order valence-corrected chi connectivity index (χ2v) is 2.91. The van der Waals surface area contributed by atoms with Crippen LogP contribution in [0.15, 0.2) is 12.2 Å². The van der Waals surface area contributed by atoms with Crippen LogP contribution in [0.3, 0.4) is 0 Å². The third-order valence-corrected chi connectivity index (χ3v) is 1.49. The molecule has 14 heavy (non-hydrogen) atoms. The Morgan fingerprint density at radius 1 is 1.43 bits per heavy atom. The van der Waals surface area contributed by atoms with Gasteiger partial charge in [-0.15, -0.1) is 0 Å². The van der Waals surface area contributed by atoms with Gasteiger partial charge in [0.15, 0.2) is 0 Å². The van der Waals surface area contributed by atoms with E-state index >= 15 is 0 Å². The molecule has 3 N–H and O–H groups in total. The molecule has 0 radical (unpaired) electrons. The Kier molecular flexibility index (Phi) is 6.19. The standard InChI is InChI=1S/C9H16N2O3/c1-7(2)8(12)11-5-3-4-6-14-9(10)13/h1,3-6H2,2H3,(H2,10,13)(H,11,12). The van der Waals surface area contributed by atoms with Crippen molar-refractivity contribution in [3.63, 3.8) is 0 Å². The van der Waals surface area contributed by atoms with Crippen molar-refractivity contribution < 1.29 is 14.3 Å². The molecule has 0 spiro atoms. The lowest BCUT2D eigenvalue weighted by Crippen LogP contribution is -2.25. The molecule has 0 saturated carbocycles. The van der Waals surface area contributed by atoms with Crippen LogP contribution in [0.4, 0.5) is 4.79 Å². The van der Waals surface area contributed by atoms with Crippen LogP contribution in [0.2, 0.25) is 0 Å². The fourth-order valence-electron chi connectivity index (χ4n) is 0.753. The lowest BCUT2D eigenvalue weighted by Gasteiger charge is -2.04. The van der Waals surface area contributed by atoms with Gasteiger partial charge < -0.3 is 15.8 Å². The fourth-order valence-corrected chi connectivity index (χ4v) is 0.753. The number of unbranched alkanes of at least 4 members (excludes halogenated alkanes) is 1. The molecule has 0 fully saturated rings. The summed E-state index contributed by atoms with van der Waals surface area (Å²) < 4.78 is 4.50. The predicted molar refractivity (Wildman–Crippen MR) is 52.6 cm³/mol. The Balaban J connectivity index is 3.26. The number of primary amides is 1. The minimum atomic E-state index is -0.768. The molecular weight excluding hydrogens is 184 g/mol. The normalized spacial score (nSPS) is 9.21. The van der Waals surface area contributed by atoms with Crippen molar-refractivity contribution in [2.24, 2.45) is 5.73 Å². The molecule has 0 bridgehead atoms. The molecule has 0 aliphatic heterocycles. The van der Waals surface area contributed by atoms with Crippen molar-refractivity contribution in [1.82, 2.24) is 5.32 Å². The van der Waals surface area contributed by atoms with Crippen molar-refractivity contribution in [1.29, 1.82) is 0 Å². The average Bonchev–Trinajstić information content (AvgIpc) is 2.09. The Morgan fingerprint density at radius 2 is 2.07 bits per heavy atom. The van der Waals surface area contributed by atoms with Gasteiger partial charge in [-0.25, -0.2) is 4.79 Å². The third kappa shape index (κ3) is 7.15. The van der Waals surface area contributed by atoms with E-state index in [0.29, 0.717) is 18.5 Å². The zero-order chi connectivity index (χ0) is 11.0. The Morgan fingerprint density at radius 3 is 2.57 bits per heavy atom. The first-order valence-electron chi connectivity index (χ1n) is 4.40. The summed E-state index contributed by atoms with van der Waals surface area (Å²) >= 11 is 0. The van der Waals surface area contributed by atoms with E-state index in [2.05, 4.69) is 16.6 Å². The van der Waals surface area contributed by atoms with Gasteiger partial charge in [0.05, 0.1) is 6.61 Å². The van der Waals surface area contributed by atoms with E-state index < -0.39 is 6.09 Å². The van der Waals surface area contributed by atoms with Gasteiger partial charge in [-0.1, -0.05) is 6.58 Å². The van der Waals surface area contributed by atoms with Crippen LogP contribution < -0.4 is 11.1 Å². The molecule has 80 valence electrons. The molecule has 0 aromatic heterocycles. The van der Waals surface area contributed by atoms with E-state index in [9.17, 15) is 9.59 Å². The monoisotopic (exact) mass is 200 g/mol. The van der Waals surface area contributed by atoms with Gasteiger partial charge in [-0.3, -0.25) is 4.79 Å². The Labute approximate surface area is 83.3 Å². The number of hydrogen-bond acceptors (Lipinski definition) is 3. The molecule has 0 aliphatic carbocycles. The highest BCUT2D eigenvalue weighted by Crippen LogP contribution is 1.90. The van der Waals surface area contributed by atoms with Crippen LogP contribution in [0.5, 0.6) is 0 Å². The molecule has 0 saturated heterocycles. The van der Waals surface area contributed by atoms with Crippen LogP contribution in [0.1, 0.15) is 19.8 Å². The minimum absolute atomic E-state index is 0.152. The van der Waals surface area contributed by atoms with Gasteiger partial charge in [0.1, 0.15) is 0 Å². The topological polar surface area (TPSA) is 81.4 Å². The summed E-state index contributed by atoms with van der Waals surface area (Å²) in [5, 5.41) is 2.66. The highest BCUT2D eigenvalue weighted by Gasteiger charge is 1.99. The van der Waals surface area contributed by atoms with E-state index in [1.54, 1.807) is 6.92 Å². The second kappa shape index (κ2) is 6.94. The molecular formula is C9H16N2O3. The number of nitrogens with two attached hydrogens (primary N) is 1. The number of rotatable bonds is 6. The van der Waals surface area contributed by atoms with Gasteiger partial charge in [0.25, 0.3) is 0 Å². The summed E-state index contributed by atoms with van der Waals surface area (Å²) in [6, 6.07) is 0. The van der Waals surface area contributed by atoms with E-state index in [4.69, 9.17) is 5.73 Å². The largest absolute Gasteiger partial charge is 0.450 e. The third-order valence-electron chi connectivity index (χ3n) is 1.49. The van der Waals surface area contributed by atoms with Crippen molar-refractivity contribution >= 4 is 12.0 Å². The maximum atomic E-state index is 11.0. The summed E-state index contributed by atoms with van der Waals surface area (Å²) in [4.78, 5) is 21.1. The smallest absolute Gasteiger partial charge is 0.404 e. The van der Waals surface area contributed by atoms with E-state index in [0.717, 1.165) is 6.42 Å². The Bertz CT molecular complexity index is 226. The summed E-state index contributed by atoms with van der Waals surface area (Å²) in [7, 11) is 0. The molecule has 2 amide bonds. The summed E-state index contributed by atoms with van der Waals surface area (Å²) in [5.41, 5.74) is 5.24. The van der Waals surface area contributed by atoms with Crippen molar-refractivity contribution in [3.05, 3.63) is 12.2 Å². The molecule has 0 aromatic carbocycles. The van der Waals surface area contributed by atoms with Crippen molar-refractivity contribution in [2.45, 2.75) is 19.8 Å². The first-order valence-corrected chi connectivity index (χ1v) is 4.40. The maximum Gasteiger partial charge on any atom is 0.404 e. The van der Waals surface area contributed by atoms with Gasteiger partial charge in [0.2, 0.25) is 5.91 Å². The van der Waals surface area contributed by atoms with Crippen LogP contribution in [0.25, 0.3) is 0 Å². The minimum Gasteiger partial charge on any atom is -0.450 e. The molecule has 5 nitrogen and oxygen atoms in total. The van der Waals surface area contributed by atoms with E-state index in [1.165, 1.54) is 0 Å². The van der Waals surface area contributed by atoms with Crippen LogP contribution in [0, 0.1) is 0 Å². The second-order valence-electron chi connectivity index (χ2n) is 2.91. The first kappa shape index (κ1) is 12.5. The number of carbonyl (C=O) groups excluding carboxylic acids is 2. The number of hydrogen-bond donors (Lipinski definition) is 2. The number of carbonyl (C=O) groups is 2. The van der Waals surface area contributed by atoms with Gasteiger partial charge >= 0.3 is 6.09 Å². The summed E-state index contributed by atoms with van der Waals surface area (Å²) in [6.07, 6.45) is 0.655. The lowest BCUT2D eigenvalue weighted by atomic mass is 10.3. The quantitative estimate of drug-likeness (QED) is 0.485. The predicted octanol–water partition coefficient (Wildman–Crippen LogP) is 0.554. The Hall–Kier alpha value is -1.52. The molecule has 0 aliphatic rings. The SMILES string of the molecule is C=C(C)C(=O)NCCCCOC(N)=O. The number of amides is 2. The average molecular weight is 200 g/mol. The number of nitrogens with one attached hydrogen (secondary N) is 1. The van der Waals surface area contributed by atoms with Crippen molar-refractivity contribution in [2.75, 3.05) is 13.2 Å². The van der Waals surface area contributed by atoms with Crippen LogP contribution in [-0.2, 0) is 9.53 Å². The first-order chi connectivity index (χ1) is 6.54. The highest BCUT2D eigenvalue weighted by atomic mass is 16.5. The lowest BCUT2D eigenvalue weighted by molar-refractivity contribution is -0.117. The van der Waals surface area contributed by atoms with Gasteiger partial charge in [0, 0.05) is 12.1 Å². The summed E-state index contributed by atoms with van der Waals surface area (Å²) in [5.74, 6) is -0.152. The van der Waals surface area contributed by atoms with Gasteiger partial charge in [-0.2, -0.15) is 0 Å². The maximum absolute atomic E-state index is 11.0. The van der Waals surface area contributed by atoms with E-state index in [1.807, 2.05) is 0 Å². The molecule has 0 heterocycles. The zero-order valence-corrected chi connectivity index (χ0v) is 8.34.